The fraction of sp³-hybridized carbons (Fsp3) is 0.400. The molecule has 0 saturated carbocycles. The van der Waals surface area contributed by atoms with E-state index in [1.165, 1.54) is 17.1 Å². The lowest BCUT2D eigenvalue weighted by atomic mass is 10.3. The second-order valence-corrected chi connectivity index (χ2v) is 4.84. The van der Waals surface area contributed by atoms with E-state index in [9.17, 15) is 0 Å². The third-order valence-electron chi connectivity index (χ3n) is 1.60. The van der Waals surface area contributed by atoms with Crippen molar-refractivity contribution in [3.05, 3.63) is 24.3 Å². The van der Waals surface area contributed by atoms with Gasteiger partial charge >= 0.3 is 0 Å². The monoisotopic (exact) mass is 214 g/mol. The van der Waals surface area contributed by atoms with Gasteiger partial charge in [-0.05, 0) is 48.4 Å². The minimum absolute atomic E-state index is 0.341. The molecule has 0 saturated heterocycles. The summed E-state index contributed by atoms with van der Waals surface area (Å²) in [5.41, 5.74) is 0. The highest BCUT2D eigenvalue weighted by atomic mass is 32.2. The van der Waals surface area contributed by atoms with Crippen LogP contribution in [0.2, 0.25) is 0 Å². The molecule has 0 aliphatic heterocycles. The smallest absolute Gasteiger partial charge is 0.115 e. The zero-order valence-corrected chi connectivity index (χ0v) is 9.33. The first kappa shape index (κ1) is 10.8. The minimum atomic E-state index is 0.341. The van der Waals surface area contributed by atoms with E-state index >= 15 is 0 Å². The normalized spacial score (nSPS) is 10.2. The van der Waals surface area contributed by atoms with Crippen molar-refractivity contribution in [2.45, 2.75) is 11.3 Å². The van der Waals surface area contributed by atoms with Crippen molar-refractivity contribution in [1.82, 2.24) is 0 Å². The number of phenolic OH excluding ortho intramolecular Hbond substituents is 1. The Morgan fingerprint density at radius 3 is 2.46 bits per heavy atom. The molecule has 0 amide bonds. The van der Waals surface area contributed by atoms with Crippen LogP contribution in [-0.4, -0.2) is 22.9 Å². The van der Waals surface area contributed by atoms with Gasteiger partial charge in [0.15, 0.2) is 0 Å². The molecule has 0 aromatic heterocycles. The molecule has 1 aromatic carbocycles. The lowest BCUT2D eigenvalue weighted by molar-refractivity contribution is 0.475. The summed E-state index contributed by atoms with van der Waals surface area (Å²) in [5, 5.41) is 9.05. The summed E-state index contributed by atoms with van der Waals surface area (Å²) in [6, 6.07) is 7.38. The SMILES string of the molecule is CSCCCSc1ccc(O)cc1. The van der Waals surface area contributed by atoms with Crippen LogP contribution in [0.4, 0.5) is 0 Å². The Kier molecular flexibility index (Phi) is 5.16. The van der Waals surface area contributed by atoms with Crippen molar-refractivity contribution in [2.75, 3.05) is 17.8 Å². The van der Waals surface area contributed by atoms with Gasteiger partial charge in [0.1, 0.15) is 5.75 Å². The summed E-state index contributed by atoms with van der Waals surface area (Å²) in [6.07, 6.45) is 3.37. The maximum absolute atomic E-state index is 9.05. The van der Waals surface area contributed by atoms with E-state index in [1.807, 2.05) is 35.7 Å². The Morgan fingerprint density at radius 1 is 1.15 bits per heavy atom. The zero-order chi connectivity index (χ0) is 9.52. The first-order valence-corrected chi connectivity index (χ1v) is 6.61. The summed E-state index contributed by atoms with van der Waals surface area (Å²) >= 11 is 3.73. The van der Waals surface area contributed by atoms with E-state index in [4.69, 9.17) is 5.11 Å². The molecule has 0 bridgehead atoms. The molecule has 1 aromatic rings. The van der Waals surface area contributed by atoms with Crippen molar-refractivity contribution in [3.63, 3.8) is 0 Å². The van der Waals surface area contributed by atoms with Crippen LogP contribution in [0.15, 0.2) is 29.2 Å². The van der Waals surface area contributed by atoms with Crippen molar-refractivity contribution >= 4 is 23.5 Å². The number of phenols is 1. The second kappa shape index (κ2) is 6.22. The molecule has 72 valence electrons. The maximum atomic E-state index is 9.05. The third kappa shape index (κ3) is 4.48. The van der Waals surface area contributed by atoms with Crippen molar-refractivity contribution < 1.29 is 5.11 Å². The van der Waals surface area contributed by atoms with Gasteiger partial charge in [-0.25, -0.2) is 0 Å². The van der Waals surface area contributed by atoms with Crippen LogP contribution in [0.1, 0.15) is 6.42 Å². The number of rotatable bonds is 5. The lowest BCUT2D eigenvalue weighted by Gasteiger charge is -2.00. The van der Waals surface area contributed by atoms with Gasteiger partial charge in [0.25, 0.3) is 0 Å². The summed E-state index contributed by atoms with van der Waals surface area (Å²) < 4.78 is 0. The molecule has 0 unspecified atom stereocenters. The molecule has 0 fully saturated rings. The molecule has 0 radical (unpaired) electrons. The van der Waals surface area contributed by atoms with Crippen LogP contribution in [0.3, 0.4) is 0 Å². The Hall–Kier alpha value is -0.280. The predicted octanol–water partition coefficient (Wildman–Crippen LogP) is 3.24. The molecule has 0 heterocycles. The van der Waals surface area contributed by atoms with Crippen molar-refractivity contribution in [3.8, 4) is 5.75 Å². The van der Waals surface area contributed by atoms with E-state index in [0.717, 1.165) is 5.75 Å². The van der Waals surface area contributed by atoms with E-state index in [-0.39, 0.29) is 0 Å². The van der Waals surface area contributed by atoms with E-state index in [0.29, 0.717) is 5.75 Å². The van der Waals surface area contributed by atoms with Gasteiger partial charge < -0.3 is 5.11 Å². The average molecular weight is 214 g/mol. The highest BCUT2D eigenvalue weighted by Gasteiger charge is 1.93. The summed E-state index contributed by atoms with van der Waals surface area (Å²) in [5.74, 6) is 2.73. The number of hydrogen-bond donors (Lipinski definition) is 1. The van der Waals surface area contributed by atoms with Crippen molar-refractivity contribution in [2.24, 2.45) is 0 Å². The quantitative estimate of drug-likeness (QED) is 0.600. The molecule has 1 rings (SSSR count). The first-order chi connectivity index (χ1) is 6.33. The maximum Gasteiger partial charge on any atom is 0.115 e. The summed E-state index contributed by atoms with van der Waals surface area (Å²) in [6.45, 7) is 0. The van der Waals surface area contributed by atoms with Gasteiger partial charge in [0.2, 0.25) is 0 Å². The van der Waals surface area contributed by atoms with Gasteiger partial charge in [-0.2, -0.15) is 11.8 Å². The lowest BCUT2D eigenvalue weighted by Crippen LogP contribution is -1.82. The fourth-order valence-corrected chi connectivity index (χ4v) is 2.40. The van der Waals surface area contributed by atoms with Crippen LogP contribution in [0.25, 0.3) is 0 Å². The van der Waals surface area contributed by atoms with Crippen LogP contribution in [0.5, 0.6) is 5.75 Å². The molecular formula is C10H14OS2. The standard InChI is InChI=1S/C10H14OS2/c1-12-7-2-8-13-10-5-3-9(11)4-6-10/h3-6,11H,2,7-8H2,1H3. The fourth-order valence-electron chi connectivity index (χ4n) is 0.936. The van der Waals surface area contributed by atoms with E-state index in [1.54, 1.807) is 12.1 Å². The second-order valence-electron chi connectivity index (χ2n) is 2.69. The Balaban J connectivity index is 2.25. The number of aromatic hydroxyl groups is 1. The van der Waals surface area contributed by atoms with Crippen LogP contribution in [0, 0.1) is 0 Å². The van der Waals surface area contributed by atoms with Gasteiger partial charge in [0, 0.05) is 4.90 Å². The van der Waals surface area contributed by atoms with E-state index < -0.39 is 0 Å². The Labute approximate surface area is 87.9 Å². The molecule has 1 N–H and O–H groups in total. The predicted molar refractivity (Wildman–Crippen MR) is 61.8 cm³/mol. The molecule has 3 heteroatoms. The highest BCUT2D eigenvalue weighted by Crippen LogP contribution is 2.21. The molecule has 0 atom stereocenters. The average Bonchev–Trinajstić information content (AvgIpc) is 2.15. The summed E-state index contributed by atoms with van der Waals surface area (Å²) in [4.78, 5) is 1.24. The Morgan fingerprint density at radius 2 is 1.85 bits per heavy atom. The number of benzene rings is 1. The topological polar surface area (TPSA) is 20.2 Å². The zero-order valence-electron chi connectivity index (χ0n) is 7.69. The third-order valence-corrected chi connectivity index (χ3v) is 3.39. The minimum Gasteiger partial charge on any atom is -0.508 e. The highest BCUT2D eigenvalue weighted by molar-refractivity contribution is 7.99. The van der Waals surface area contributed by atoms with Crippen LogP contribution in [-0.2, 0) is 0 Å². The molecule has 1 nitrogen and oxygen atoms in total. The largest absolute Gasteiger partial charge is 0.508 e. The molecule has 0 aliphatic carbocycles. The summed E-state index contributed by atoms with van der Waals surface area (Å²) in [7, 11) is 0. The molecule has 13 heavy (non-hydrogen) atoms. The van der Waals surface area contributed by atoms with Crippen LogP contribution < -0.4 is 0 Å². The van der Waals surface area contributed by atoms with Gasteiger partial charge in [-0.3, -0.25) is 0 Å². The van der Waals surface area contributed by atoms with Gasteiger partial charge in [0.05, 0.1) is 0 Å². The first-order valence-electron chi connectivity index (χ1n) is 4.23. The molecule has 0 aliphatic rings. The van der Waals surface area contributed by atoms with Gasteiger partial charge in [-0.1, -0.05) is 0 Å². The molecular weight excluding hydrogens is 200 g/mol. The van der Waals surface area contributed by atoms with E-state index in [2.05, 4.69) is 6.26 Å². The van der Waals surface area contributed by atoms with Gasteiger partial charge in [-0.15, -0.1) is 11.8 Å². The Bertz CT molecular complexity index is 233. The number of thioether (sulfide) groups is 2. The molecule has 0 spiro atoms. The van der Waals surface area contributed by atoms with Crippen molar-refractivity contribution in [1.29, 1.82) is 0 Å². The van der Waals surface area contributed by atoms with Crippen LogP contribution >= 0.6 is 23.5 Å². The number of hydrogen-bond acceptors (Lipinski definition) is 3.